The van der Waals surface area contributed by atoms with E-state index in [2.05, 4.69) is 46.4 Å². The predicted molar refractivity (Wildman–Crippen MR) is 57.8 cm³/mol. The summed E-state index contributed by atoms with van der Waals surface area (Å²) in [6.45, 7) is 13.6. The lowest BCUT2D eigenvalue weighted by Crippen LogP contribution is -2.43. The average molecular weight is 187 g/mol. The fraction of sp³-hybridized carbons (Fsp3) is 1.00. The fourth-order valence-electron chi connectivity index (χ4n) is 1.44. The van der Waals surface area contributed by atoms with E-state index in [0.717, 1.165) is 6.54 Å². The van der Waals surface area contributed by atoms with E-state index in [1.807, 2.05) is 0 Å². The number of nitrogens with zero attached hydrogens (tertiary/aromatic N) is 1. The molecule has 1 N–H and O–H groups in total. The Balaban J connectivity index is 4.10. The van der Waals surface area contributed by atoms with Crippen molar-refractivity contribution in [2.24, 2.45) is 5.92 Å². The van der Waals surface area contributed by atoms with Crippen LogP contribution in [0.2, 0.25) is 0 Å². The second kappa shape index (κ2) is 5.61. The number of hydrogen-bond acceptors (Lipinski definition) is 2. The maximum Gasteiger partial charge on any atom is 0.0690 e. The summed E-state index contributed by atoms with van der Waals surface area (Å²) in [5.74, 6) is 0.347. The number of aliphatic hydroxyl groups is 1. The smallest absolute Gasteiger partial charge is 0.0690 e. The molecule has 0 aromatic rings. The minimum atomic E-state index is -0.204. The van der Waals surface area contributed by atoms with Crippen LogP contribution in [-0.2, 0) is 0 Å². The van der Waals surface area contributed by atoms with E-state index >= 15 is 0 Å². The van der Waals surface area contributed by atoms with Gasteiger partial charge in [0.15, 0.2) is 0 Å². The Kier molecular flexibility index (Phi) is 5.57. The molecule has 0 radical (unpaired) electrons. The summed E-state index contributed by atoms with van der Waals surface area (Å²) >= 11 is 0. The molecule has 1 unspecified atom stereocenters. The summed E-state index contributed by atoms with van der Waals surface area (Å²) in [7, 11) is 0. The first kappa shape index (κ1) is 12.9. The highest BCUT2D eigenvalue weighted by Crippen LogP contribution is 2.10. The third kappa shape index (κ3) is 4.63. The van der Waals surface area contributed by atoms with Crippen LogP contribution < -0.4 is 0 Å². The zero-order chi connectivity index (χ0) is 10.6. The van der Waals surface area contributed by atoms with Gasteiger partial charge in [0.2, 0.25) is 0 Å². The van der Waals surface area contributed by atoms with Gasteiger partial charge in [-0.05, 0) is 33.6 Å². The molecule has 0 saturated carbocycles. The largest absolute Gasteiger partial charge is 0.392 e. The summed E-state index contributed by atoms with van der Waals surface area (Å²) in [6.07, 6.45) is -0.204. The third-order valence-corrected chi connectivity index (χ3v) is 2.49. The fourth-order valence-corrected chi connectivity index (χ4v) is 1.44. The highest BCUT2D eigenvalue weighted by atomic mass is 16.3. The number of aliphatic hydroxyl groups excluding tert-OH is 1. The predicted octanol–water partition coefficient (Wildman–Crippen LogP) is 2.12. The molecule has 0 aliphatic rings. The van der Waals surface area contributed by atoms with Crippen LogP contribution in [-0.4, -0.2) is 34.7 Å². The first-order valence-corrected chi connectivity index (χ1v) is 5.30. The maximum atomic E-state index is 9.75. The molecule has 1 atom stereocenters. The molecule has 0 saturated heterocycles. The van der Waals surface area contributed by atoms with Gasteiger partial charge in [0.25, 0.3) is 0 Å². The standard InChI is InChI=1S/C11H25NO/c1-8(2)11(13)7-12(9(3)4)10(5)6/h8-11,13H,7H2,1-6H3. The second-order valence-electron chi connectivity index (χ2n) is 4.70. The van der Waals surface area contributed by atoms with E-state index in [1.54, 1.807) is 0 Å². The molecule has 0 aliphatic heterocycles. The Hall–Kier alpha value is -0.0800. The van der Waals surface area contributed by atoms with Gasteiger partial charge in [-0.25, -0.2) is 0 Å². The lowest BCUT2D eigenvalue weighted by Gasteiger charge is -2.33. The zero-order valence-corrected chi connectivity index (χ0v) is 9.91. The van der Waals surface area contributed by atoms with Gasteiger partial charge in [0.05, 0.1) is 6.10 Å². The van der Waals surface area contributed by atoms with Crippen molar-refractivity contribution in [2.75, 3.05) is 6.54 Å². The van der Waals surface area contributed by atoms with E-state index in [4.69, 9.17) is 0 Å². The molecule has 0 spiro atoms. The quantitative estimate of drug-likeness (QED) is 0.712. The summed E-state index contributed by atoms with van der Waals surface area (Å²) in [6, 6.07) is 1.02. The van der Waals surface area contributed by atoms with Crippen LogP contribution >= 0.6 is 0 Å². The van der Waals surface area contributed by atoms with Crippen molar-refractivity contribution >= 4 is 0 Å². The van der Waals surface area contributed by atoms with Crippen LogP contribution in [0.15, 0.2) is 0 Å². The SMILES string of the molecule is CC(C)C(O)CN(C(C)C)C(C)C. The topological polar surface area (TPSA) is 23.5 Å². The van der Waals surface area contributed by atoms with E-state index in [9.17, 15) is 5.11 Å². The van der Waals surface area contributed by atoms with Crippen LogP contribution in [0.25, 0.3) is 0 Å². The minimum absolute atomic E-state index is 0.204. The Bertz CT molecular complexity index is 124. The molecule has 0 aromatic carbocycles. The van der Waals surface area contributed by atoms with Crippen LogP contribution in [0, 0.1) is 5.92 Å². The molecular weight excluding hydrogens is 162 g/mol. The number of hydrogen-bond donors (Lipinski definition) is 1. The van der Waals surface area contributed by atoms with Crippen molar-refractivity contribution in [3.8, 4) is 0 Å². The van der Waals surface area contributed by atoms with Gasteiger partial charge < -0.3 is 5.11 Å². The molecular formula is C11H25NO. The van der Waals surface area contributed by atoms with Crippen molar-refractivity contribution in [2.45, 2.75) is 59.7 Å². The van der Waals surface area contributed by atoms with Crippen molar-refractivity contribution in [3.05, 3.63) is 0 Å². The van der Waals surface area contributed by atoms with Crippen LogP contribution in [0.3, 0.4) is 0 Å². The Morgan fingerprint density at radius 2 is 1.31 bits per heavy atom. The van der Waals surface area contributed by atoms with Crippen molar-refractivity contribution in [3.63, 3.8) is 0 Å². The average Bonchev–Trinajstić information content (AvgIpc) is 1.97. The van der Waals surface area contributed by atoms with Gasteiger partial charge in [0.1, 0.15) is 0 Å². The minimum Gasteiger partial charge on any atom is -0.392 e. The molecule has 0 aliphatic carbocycles. The Morgan fingerprint density at radius 3 is 1.54 bits per heavy atom. The van der Waals surface area contributed by atoms with Crippen molar-refractivity contribution in [1.82, 2.24) is 4.90 Å². The summed E-state index contributed by atoms with van der Waals surface area (Å²) in [4.78, 5) is 2.32. The molecule has 0 fully saturated rings. The molecule has 2 heteroatoms. The Labute approximate surface area is 82.9 Å². The molecule has 0 bridgehead atoms. The highest BCUT2D eigenvalue weighted by Gasteiger charge is 2.19. The third-order valence-electron chi connectivity index (χ3n) is 2.49. The summed E-state index contributed by atoms with van der Waals surface area (Å²) in [5, 5.41) is 9.75. The first-order valence-electron chi connectivity index (χ1n) is 5.30. The lowest BCUT2D eigenvalue weighted by atomic mass is 10.1. The monoisotopic (exact) mass is 187 g/mol. The lowest BCUT2D eigenvalue weighted by molar-refractivity contribution is 0.0486. The Morgan fingerprint density at radius 1 is 0.923 bits per heavy atom. The van der Waals surface area contributed by atoms with Gasteiger partial charge in [0, 0.05) is 18.6 Å². The van der Waals surface area contributed by atoms with E-state index in [0.29, 0.717) is 18.0 Å². The van der Waals surface area contributed by atoms with Gasteiger partial charge >= 0.3 is 0 Å². The van der Waals surface area contributed by atoms with Gasteiger partial charge in [-0.15, -0.1) is 0 Å². The molecule has 0 aromatic heterocycles. The molecule has 0 heterocycles. The first-order chi connectivity index (χ1) is 5.86. The van der Waals surface area contributed by atoms with Crippen LogP contribution in [0.4, 0.5) is 0 Å². The normalized spacial score (nSPS) is 15.0. The van der Waals surface area contributed by atoms with E-state index < -0.39 is 0 Å². The molecule has 80 valence electrons. The van der Waals surface area contributed by atoms with E-state index in [-0.39, 0.29) is 6.10 Å². The summed E-state index contributed by atoms with van der Waals surface area (Å²) < 4.78 is 0. The van der Waals surface area contributed by atoms with E-state index in [1.165, 1.54) is 0 Å². The molecule has 0 amide bonds. The summed E-state index contributed by atoms with van der Waals surface area (Å²) in [5.41, 5.74) is 0. The van der Waals surface area contributed by atoms with Gasteiger partial charge in [-0.3, -0.25) is 4.90 Å². The van der Waals surface area contributed by atoms with Crippen LogP contribution in [0.5, 0.6) is 0 Å². The van der Waals surface area contributed by atoms with Crippen LogP contribution in [0.1, 0.15) is 41.5 Å². The zero-order valence-electron chi connectivity index (χ0n) is 9.91. The van der Waals surface area contributed by atoms with Gasteiger partial charge in [-0.1, -0.05) is 13.8 Å². The number of rotatable bonds is 5. The molecule has 2 nitrogen and oxygen atoms in total. The van der Waals surface area contributed by atoms with Crippen molar-refractivity contribution < 1.29 is 5.11 Å². The molecule has 13 heavy (non-hydrogen) atoms. The maximum absolute atomic E-state index is 9.75. The van der Waals surface area contributed by atoms with Crippen molar-refractivity contribution in [1.29, 1.82) is 0 Å². The second-order valence-corrected chi connectivity index (χ2v) is 4.70. The van der Waals surface area contributed by atoms with Gasteiger partial charge in [-0.2, -0.15) is 0 Å². The highest BCUT2D eigenvalue weighted by molar-refractivity contribution is 4.72. The molecule has 0 rings (SSSR count).